The van der Waals surface area contributed by atoms with E-state index in [1.54, 1.807) is 0 Å². The van der Waals surface area contributed by atoms with Crippen LogP contribution in [0, 0.1) is 0 Å². The van der Waals surface area contributed by atoms with E-state index in [0.29, 0.717) is 0 Å². The van der Waals surface area contributed by atoms with E-state index in [1.165, 1.54) is 60.9 Å². The predicted octanol–water partition coefficient (Wildman–Crippen LogP) is 15.8. The fourth-order valence-corrected chi connectivity index (χ4v) is 9.80. The van der Waals surface area contributed by atoms with Crippen molar-refractivity contribution in [2.75, 3.05) is 4.90 Å². The molecule has 0 unspecified atom stereocenters. The SMILES string of the molecule is CC1(C)c2ccccc2-c2ccc(N(c3ccc(-c4ccc5oc6ccccc6c5c4)cc3)c3ccc(-c4ccc5c(c4)c4ccccc4n5-c4ccccc4)cc3)cc21. The topological polar surface area (TPSA) is 21.3 Å². The molecule has 2 heterocycles. The van der Waals surface area contributed by atoms with Crippen LogP contribution in [0.2, 0.25) is 0 Å². The third-order valence-corrected chi connectivity index (χ3v) is 12.8. The van der Waals surface area contributed by atoms with Gasteiger partial charge in [0.2, 0.25) is 0 Å². The van der Waals surface area contributed by atoms with Gasteiger partial charge in [0.1, 0.15) is 11.2 Å². The highest BCUT2D eigenvalue weighted by molar-refractivity contribution is 6.10. The first-order chi connectivity index (χ1) is 29.5. The van der Waals surface area contributed by atoms with Crippen LogP contribution in [-0.2, 0) is 5.41 Å². The number of fused-ring (bicyclic) bond motifs is 9. The molecule has 1 aliphatic carbocycles. The lowest BCUT2D eigenvalue weighted by Crippen LogP contribution is -2.16. The Balaban J connectivity index is 0.952. The summed E-state index contributed by atoms with van der Waals surface area (Å²) < 4.78 is 8.51. The minimum atomic E-state index is -0.112. The zero-order chi connectivity index (χ0) is 40.0. The minimum Gasteiger partial charge on any atom is -0.456 e. The summed E-state index contributed by atoms with van der Waals surface area (Å²) in [5, 5.41) is 4.78. The quantitative estimate of drug-likeness (QED) is 0.168. The summed E-state index contributed by atoms with van der Waals surface area (Å²) in [4.78, 5) is 2.40. The van der Waals surface area contributed by atoms with Crippen LogP contribution in [0.4, 0.5) is 17.1 Å². The van der Waals surface area contributed by atoms with Crippen LogP contribution >= 0.6 is 0 Å². The molecular weight excluding hydrogens is 729 g/mol. The first-order valence-electron chi connectivity index (χ1n) is 20.7. The Hall–Kier alpha value is -7.62. The first-order valence-corrected chi connectivity index (χ1v) is 20.7. The van der Waals surface area contributed by atoms with Gasteiger partial charge in [0, 0.05) is 49.7 Å². The highest BCUT2D eigenvalue weighted by atomic mass is 16.3. The Morgan fingerprint density at radius 3 is 1.70 bits per heavy atom. The smallest absolute Gasteiger partial charge is 0.135 e. The molecule has 3 nitrogen and oxygen atoms in total. The number of nitrogens with zero attached hydrogens (tertiary/aromatic N) is 2. The summed E-state index contributed by atoms with van der Waals surface area (Å²) >= 11 is 0. The predicted molar refractivity (Wildman–Crippen MR) is 251 cm³/mol. The maximum absolute atomic E-state index is 6.14. The summed E-state index contributed by atoms with van der Waals surface area (Å²) in [6, 6.07) is 75.0. The van der Waals surface area contributed by atoms with Crippen molar-refractivity contribution in [3.05, 3.63) is 217 Å². The van der Waals surface area contributed by atoms with E-state index in [-0.39, 0.29) is 5.41 Å². The Kier molecular flexibility index (Phi) is 7.58. The Morgan fingerprint density at radius 2 is 0.933 bits per heavy atom. The van der Waals surface area contributed by atoms with Crippen molar-refractivity contribution in [1.29, 1.82) is 0 Å². The average molecular weight is 769 g/mol. The van der Waals surface area contributed by atoms with Crippen LogP contribution < -0.4 is 4.90 Å². The number of benzene rings is 9. The summed E-state index contributed by atoms with van der Waals surface area (Å²) in [5.74, 6) is 0. The maximum Gasteiger partial charge on any atom is 0.135 e. The number of aromatic nitrogens is 1. The van der Waals surface area contributed by atoms with Crippen LogP contribution in [0.25, 0.3) is 82.8 Å². The molecule has 0 atom stereocenters. The highest BCUT2D eigenvalue weighted by Gasteiger charge is 2.35. The van der Waals surface area contributed by atoms with E-state index < -0.39 is 0 Å². The van der Waals surface area contributed by atoms with Crippen LogP contribution in [0.3, 0.4) is 0 Å². The Bertz CT molecular complexity index is 3440. The van der Waals surface area contributed by atoms with Crippen molar-refractivity contribution < 1.29 is 4.42 Å². The zero-order valence-corrected chi connectivity index (χ0v) is 33.4. The molecule has 0 saturated heterocycles. The van der Waals surface area contributed by atoms with Crippen molar-refractivity contribution in [3.63, 3.8) is 0 Å². The standard InChI is InChI=1S/C57H40N2O/c1-57(2)51-17-9-6-14-45(51)46-31-30-44(36-52(46)57)58(43-28-22-38(23-29-43)40-25-33-56-50(35-40)48-16-8-11-19-55(48)60-56)42-26-20-37(21-27-42)39-24-32-54-49(34-39)47-15-7-10-18-53(47)59(54)41-12-4-3-5-13-41/h3-36H,1-2H3. The van der Waals surface area contributed by atoms with E-state index >= 15 is 0 Å². The third-order valence-electron chi connectivity index (χ3n) is 12.8. The van der Waals surface area contributed by atoms with Gasteiger partial charge in [0.05, 0.1) is 11.0 Å². The number of hydrogen-bond donors (Lipinski definition) is 0. The number of furan rings is 1. The van der Waals surface area contributed by atoms with Gasteiger partial charge in [0.15, 0.2) is 0 Å². The molecule has 60 heavy (non-hydrogen) atoms. The maximum atomic E-state index is 6.14. The van der Waals surface area contributed by atoms with Crippen molar-refractivity contribution in [2.24, 2.45) is 0 Å². The Labute approximate surface area is 349 Å². The molecule has 0 bridgehead atoms. The van der Waals surface area contributed by atoms with Gasteiger partial charge >= 0.3 is 0 Å². The van der Waals surface area contributed by atoms with Crippen LogP contribution in [0.15, 0.2) is 211 Å². The summed E-state index contributed by atoms with van der Waals surface area (Å²) in [6.07, 6.45) is 0. The number of rotatable bonds is 6. The van der Waals surface area contributed by atoms with Gasteiger partial charge in [-0.05, 0) is 129 Å². The number of para-hydroxylation sites is 3. The molecule has 12 rings (SSSR count). The second-order valence-corrected chi connectivity index (χ2v) is 16.6. The molecular formula is C57H40N2O. The lowest BCUT2D eigenvalue weighted by molar-refractivity contribution is 0.660. The van der Waals surface area contributed by atoms with Gasteiger partial charge < -0.3 is 13.9 Å². The summed E-state index contributed by atoms with van der Waals surface area (Å²) in [5.41, 5.74) is 18.7. The molecule has 0 saturated carbocycles. The lowest BCUT2D eigenvalue weighted by Gasteiger charge is -2.28. The minimum absolute atomic E-state index is 0.112. The molecule has 284 valence electrons. The molecule has 0 aliphatic heterocycles. The van der Waals surface area contributed by atoms with E-state index in [4.69, 9.17) is 4.42 Å². The van der Waals surface area contributed by atoms with Crippen LogP contribution in [-0.4, -0.2) is 4.57 Å². The van der Waals surface area contributed by atoms with Gasteiger partial charge in [0.25, 0.3) is 0 Å². The van der Waals surface area contributed by atoms with Crippen LogP contribution in [0.1, 0.15) is 25.0 Å². The van der Waals surface area contributed by atoms with E-state index in [1.807, 2.05) is 12.1 Å². The van der Waals surface area contributed by atoms with Crippen molar-refractivity contribution in [2.45, 2.75) is 19.3 Å². The summed E-state index contributed by atoms with van der Waals surface area (Å²) in [6.45, 7) is 4.70. The van der Waals surface area contributed by atoms with Crippen molar-refractivity contribution in [1.82, 2.24) is 4.57 Å². The van der Waals surface area contributed by atoms with Gasteiger partial charge in [-0.15, -0.1) is 0 Å². The molecule has 0 amide bonds. The molecule has 0 fully saturated rings. The molecule has 0 radical (unpaired) electrons. The third kappa shape index (κ3) is 5.29. The van der Waals surface area contributed by atoms with Crippen molar-refractivity contribution >= 4 is 60.8 Å². The van der Waals surface area contributed by atoms with E-state index in [9.17, 15) is 0 Å². The second kappa shape index (κ2) is 13.2. The normalized spacial score (nSPS) is 13.0. The molecule has 0 spiro atoms. The molecule has 11 aromatic rings. The number of hydrogen-bond acceptors (Lipinski definition) is 2. The fraction of sp³-hybridized carbons (Fsp3) is 0.0526. The van der Waals surface area contributed by atoms with Crippen LogP contribution in [0.5, 0.6) is 0 Å². The first kappa shape index (κ1) is 34.4. The van der Waals surface area contributed by atoms with Gasteiger partial charge in [-0.1, -0.05) is 135 Å². The highest BCUT2D eigenvalue weighted by Crippen LogP contribution is 2.51. The van der Waals surface area contributed by atoms with Gasteiger partial charge in [-0.25, -0.2) is 0 Å². The van der Waals surface area contributed by atoms with Crippen molar-refractivity contribution in [3.8, 4) is 39.1 Å². The van der Waals surface area contributed by atoms with E-state index in [0.717, 1.165) is 50.1 Å². The zero-order valence-electron chi connectivity index (χ0n) is 33.4. The lowest BCUT2D eigenvalue weighted by atomic mass is 9.82. The van der Waals surface area contributed by atoms with E-state index in [2.05, 4.69) is 217 Å². The summed E-state index contributed by atoms with van der Waals surface area (Å²) in [7, 11) is 0. The number of anilines is 3. The average Bonchev–Trinajstić information content (AvgIpc) is 3.92. The fourth-order valence-electron chi connectivity index (χ4n) is 9.80. The molecule has 9 aromatic carbocycles. The van der Waals surface area contributed by atoms with Gasteiger partial charge in [-0.3, -0.25) is 0 Å². The second-order valence-electron chi connectivity index (χ2n) is 16.6. The van der Waals surface area contributed by atoms with Gasteiger partial charge in [-0.2, -0.15) is 0 Å². The monoisotopic (exact) mass is 768 g/mol. The molecule has 2 aromatic heterocycles. The molecule has 0 N–H and O–H groups in total. The Morgan fingerprint density at radius 1 is 0.383 bits per heavy atom. The largest absolute Gasteiger partial charge is 0.456 e. The molecule has 1 aliphatic rings. The molecule has 3 heteroatoms.